The molecule has 0 atom stereocenters. The van der Waals surface area contributed by atoms with Crippen molar-refractivity contribution in [3.63, 3.8) is 0 Å². The van der Waals surface area contributed by atoms with Crippen LogP contribution >= 0.6 is 0 Å². The average molecular weight is 500 g/mol. The lowest BCUT2D eigenvalue weighted by Crippen LogP contribution is -2.34. The van der Waals surface area contributed by atoms with Crippen LogP contribution in [0, 0.1) is 0 Å². The fourth-order valence-corrected chi connectivity index (χ4v) is 6.04. The number of nitrogens with one attached hydrogen (secondary N) is 3. The SMILES string of the molecule is CC(C)n1c2ccc(NC(=O)NCCN(C)C)cc2c2c3c(c4c(c21)CCc1nn(C)cc1-4)C(=O)NC3. The van der Waals surface area contributed by atoms with Gasteiger partial charge in [0.2, 0.25) is 0 Å². The highest BCUT2D eigenvalue weighted by Gasteiger charge is 2.35. The number of rotatable bonds is 5. The molecule has 3 heterocycles. The third kappa shape index (κ3) is 3.68. The quantitative estimate of drug-likeness (QED) is 0.389. The highest BCUT2D eigenvalue weighted by Crippen LogP contribution is 2.47. The van der Waals surface area contributed by atoms with Gasteiger partial charge in [0.1, 0.15) is 0 Å². The number of aromatic nitrogens is 3. The van der Waals surface area contributed by atoms with E-state index in [0.717, 1.165) is 69.3 Å². The number of aryl methyl sites for hydroxylation is 3. The molecule has 1 aliphatic heterocycles. The molecular weight excluding hydrogens is 466 g/mol. The van der Waals surface area contributed by atoms with Crippen LogP contribution in [0.2, 0.25) is 0 Å². The normalized spacial score (nSPS) is 14.3. The first-order valence-electron chi connectivity index (χ1n) is 12.9. The molecule has 1 aliphatic carbocycles. The molecule has 0 saturated heterocycles. The van der Waals surface area contributed by atoms with E-state index in [-0.39, 0.29) is 18.0 Å². The van der Waals surface area contributed by atoms with E-state index < -0.39 is 0 Å². The second kappa shape index (κ2) is 8.62. The summed E-state index contributed by atoms with van der Waals surface area (Å²) in [7, 11) is 5.89. The monoisotopic (exact) mass is 499 g/mol. The minimum absolute atomic E-state index is 0.0233. The molecule has 192 valence electrons. The van der Waals surface area contributed by atoms with E-state index >= 15 is 0 Å². The molecule has 2 aromatic heterocycles. The van der Waals surface area contributed by atoms with Crippen molar-refractivity contribution in [3.8, 4) is 11.1 Å². The molecule has 2 aliphatic rings. The van der Waals surface area contributed by atoms with Crippen LogP contribution in [0.25, 0.3) is 32.9 Å². The molecule has 3 N–H and O–H groups in total. The van der Waals surface area contributed by atoms with Crippen LogP contribution in [0.1, 0.15) is 47.1 Å². The maximum atomic E-state index is 13.2. The number of urea groups is 1. The molecule has 4 aromatic rings. The van der Waals surface area contributed by atoms with E-state index in [9.17, 15) is 9.59 Å². The molecule has 37 heavy (non-hydrogen) atoms. The Morgan fingerprint density at radius 3 is 2.76 bits per heavy atom. The summed E-state index contributed by atoms with van der Waals surface area (Å²) in [6.45, 7) is 6.23. The fourth-order valence-electron chi connectivity index (χ4n) is 6.04. The summed E-state index contributed by atoms with van der Waals surface area (Å²) in [4.78, 5) is 27.8. The third-order valence-corrected chi connectivity index (χ3v) is 7.50. The second-order valence-electron chi connectivity index (χ2n) is 10.7. The number of carbonyl (C=O) groups excluding carboxylic acids is 2. The van der Waals surface area contributed by atoms with Gasteiger partial charge < -0.3 is 25.4 Å². The lowest BCUT2D eigenvalue weighted by molar-refractivity contribution is 0.0966. The van der Waals surface area contributed by atoms with Gasteiger partial charge >= 0.3 is 6.03 Å². The first-order valence-corrected chi connectivity index (χ1v) is 12.9. The fraction of sp³-hybridized carbons (Fsp3) is 0.393. The molecule has 0 spiro atoms. The Hall–Kier alpha value is -3.85. The Kier molecular flexibility index (Phi) is 5.49. The minimum atomic E-state index is -0.225. The van der Waals surface area contributed by atoms with Gasteiger partial charge in [-0.2, -0.15) is 5.10 Å². The van der Waals surface area contributed by atoms with E-state index in [1.807, 2.05) is 43.0 Å². The minimum Gasteiger partial charge on any atom is -0.348 e. The predicted octanol–water partition coefficient (Wildman–Crippen LogP) is 3.80. The third-order valence-electron chi connectivity index (χ3n) is 7.50. The summed E-state index contributed by atoms with van der Waals surface area (Å²) in [6, 6.07) is 6.09. The van der Waals surface area contributed by atoms with Gasteiger partial charge in [-0.3, -0.25) is 9.48 Å². The number of hydrogen-bond acceptors (Lipinski definition) is 4. The molecule has 9 nitrogen and oxygen atoms in total. The predicted molar refractivity (Wildman–Crippen MR) is 146 cm³/mol. The van der Waals surface area contributed by atoms with E-state index in [0.29, 0.717) is 13.1 Å². The maximum Gasteiger partial charge on any atom is 0.319 e. The largest absolute Gasteiger partial charge is 0.348 e. The van der Waals surface area contributed by atoms with Crippen molar-refractivity contribution in [3.05, 3.63) is 46.8 Å². The Morgan fingerprint density at radius 2 is 2.00 bits per heavy atom. The summed E-state index contributed by atoms with van der Waals surface area (Å²) in [5, 5.41) is 15.8. The summed E-state index contributed by atoms with van der Waals surface area (Å²) in [5.41, 5.74) is 9.21. The number of carbonyl (C=O) groups is 2. The average Bonchev–Trinajstić information content (AvgIpc) is 3.50. The van der Waals surface area contributed by atoms with Gasteiger partial charge in [0.05, 0.1) is 16.8 Å². The zero-order valence-electron chi connectivity index (χ0n) is 22.0. The van der Waals surface area contributed by atoms with Gasteiger partial charge in [0.15, 0.2) is 0 Å². The van der Waals surface area contributed by atoms with Gasteiger partial charge in [-0.25, -0.2) is 4.79 Å². The standard InChI is InChI=1S/C28H33N7O2/c1-15(2)35-22-9-6-16(31-28(37)29-10-11-33(3)4)12-18(22)24-19-13-30-27(36)25(19)23-17(26(24)35)7-8-21-20(23)14-34(5)32-21/h6,9,12,14-15H,7-8,10-11,13H2,1-5H3,(H,30,36)(H2,29,31,37). The van der Waals surface area contributed by atoms with Gasteiger partial charge in [-0.15, -0.1) is 0 Å². The number of amides is 3. The molecule has 0 radical (unpaired) electrons. The molecule has 0 bridgehead atoms. The van der Waals surface area contributed by atoms with Crippen molar-refractivity contribution < 1.29 is 9.59 Å². The van der Waals surface area contributed by atoms with Crippen molar-refractivity contribution in [1.29, 1.82) is 0 Å². The van der Waals surface area contributed by atoms with Gasteiger partial charge in [0.25, 0.3) is 5.91 Å². The Balaban J connectivity index is 1.57. The van der Waals surface area contributed by atoms with Crippen molar-refractivity contribution in [2.45, 2.75) is 39.3 Å². The van der Waals surface area contributed by atoms with E-state index in [2.05, 4.69) is 51.6 Å². The first kappa shape index (κ1) is 23.5. The summed E-state index contributed by atoms with van der Waals surface area (Å²) in [6.07, 6.45) is 3.72. The van der Waals surface area contributed by atoms with Crippen LogP contribution < -0.4 is 16.0 Å². The maximum absolute atomic E-state index is 13.2. The number of fused-ring (bicyclic) bond motifs is 10. The summed E-state index contributed by atoms with van der Waals surface area (Å²) >= 11 is 0. The van der Waals surface area contributed by atoms with Crippen molar-refractivity contribution >= 4 is 39.4 Å². The number of nitrogens with zero attached hydrogens (tertiary/aromatic N) is 4. The van der Waals surface area contributed by atoms with E-state index in [1.165, 1.54) is 11.1 Å². The van der Waals surface area contributed by atoms with Crippen LogP contribution in [0.5, 0.6) is 0 Å². The highest BCUT2D eigenvalue weighted by atomic mass is 16.2. The molecule has 0 saturated carbocycles. The summed E-state index contributed by atoms with van der Waals surface area (Å²) in [5.74, 6) is -0.0233. The van der Waals surface area contributed by atoms with Crippen molar-refractivity contribution in [2.75, 3.05) is 32.5 Å². The van der Waals surface area contributed by atoms with Crippen molar-refractivity contribution in [2.24, 2.45) is 7.05 Å². The van der Waals surface area contributed by atoms with E-state index in [1.54, 1.807) is 0 Å². The number of likely N-dealkylation sites (N-methyl/N-ethyl adjacent to an activating group) is 1. The smallest absolute Gasteiger partial charge is 0.319 e. The zero-order chi connectivity index (χ0) is 26.0. The van der Waals surface area contributed by atoms with Crippen LogP contribution in [0.15, 0.2) is 24.4 Å². The van der Waals surface area contributed by atoms with Crippen LogP contribution in [0.4, 0.5) is 10.5 Å². The lowest BCUT2D eigenvalue weighted by Gasteiger charge is -2.22. The topological polar surface area (TPSA) is 96.2 Å². The molecular formula is C28H33N7O2. The van der Waals surface area contributed by atoms with Gasteiger partial charge in [0, 0.05) is 72.0 Å². The lowest BCUT2D eigenvalue weighted by atomic mass is 9.82. The van der Waals surface area contributed by atoms with Crippen LogP contribution in [-0.4, -0.2) is 58.4 Å². The molecule has 9 heteroatoms. The first-order chi connectivity index (χ1) is 17.7. The molecule has 0 fully saturated rings. The Labute approximate surface area is 215 Å². The number of hydrogen-bond donors (Lipinski definition) is 3. The summed E-state index contributed by atoms with van der Waals surface area (Å²) < 4.78 is 4.25. The van der Waals surface area contributed by atoms with Crippen LogP contribution in [-0.2, 0) is 26.4 Å². The molecule has 0 unspecified atom stereocenters. The molecule has 2 aromatic carbocycles. The Bertz CT molecular complexity index is 1590. The van der Waals surface area contributed by atoms with E-state index in [4.69, 9.17) is 0 Å². The Morgan fingerprint density at radius 1 is 1.19 bits per heavy atom. The number of anilines is 1. The van der Waals surface area contributed by atoms with Crippen molar-refractivity contribution in [1.82, 2.24) is 29.9 Å². The van der Waals surface area contributed by atoms with Crippen LogP contribution in [0.3, 0.4) is 0 Å². The zero-order valence-corrected chi connectivity index (χ0v) is 22.0. The van der Waals surface area contributed by atoms with Gasteiger partial charge in [-0.05, 0) is 70.1 Å². The van der Waals surface area contributed by atoms with Gasteiger partial charge in [-0.1, -0.05) is 0 Å². The highest BCUT2D eigenvalue weighted by molar-refractivity contribution is 6.20. The molecule has 6 rings (SSSR count). The second-order valence-corrected chi connectivity index (χ2v) is 10.7. The number of benzene rings is 2. The molecule has 3 amide bonds.